The molecule has 0 atom stereocenters. The fourth-order valence-corrected chi connectivity index (χ4v) is 4.38. The Labute approximate surface area is 180 Å². The van der Waals surface area contributed by atoms with Crippen LogP contribution in [0.25, 0.3) is 10.2 Å². The number of methoxy groups -OCH3 is 1. The maximum atomic E-state index is 13.4. The summed E-state index contributed by atoms with van der Waals surface area (Å²) in [6.45, 7) is 8.60. The molecule has 1 saturated heterocycles. The second-order valence-corrected chi connectivity index (χ2v) is 8.52. The van der Waals surface area contributed by atoms with Crippen LogP contribution in [-0.4, -0.2) is 72.1 Å². The number of rotatable bonds is 7. The molecule has 30 heavy (non-hydrogen) atoms. The molecule has 2 aromatic heterocycles. The summed E-state index contributed by atoms with van der Waals surface area (Å²) < 4.78 is 13.6. The van der Waals surface area contributed by atoms with Crippen molar-refractivity contribution in [2.75, 3.05) is 51.4 Å². The molecule has 3 aromatic rings. The van der Waals surface area contributed by atoms with Gasteiger partial charge >= 0.3 is 0 Å². The number of ether oxygens (including phenoxy) is 2. The molecule has 0 N–H and O–H groups in total. The van der Waals surface area contributed by atoms with Crippen LogP contribution in [0.5, 0.6) is 5.75 Å². The number of morpholine rings is 1. The molecule has 9 heteroatoms. The van der Waals surface area contributed by atoms with Crippen molar-refractivity contribution in [1.82, 2.24) is 19.7 Å². The third kappa shape index (κ3) is 4.48. The molecule has 1 fully saturated rings. The van der Waals surface area contributed by atoms with Crippen LogP contribution >= 0.6 is 11.3 Å². The number of nitrogens with zero attached hydrogens (tertiary/aromatic N) is 5. The molecule has 0 unspecified atom stereocenters. The predicted octanol–water partition coefficient (Wildman–Crippen LogP) is 3.06. The van der Waals surface area contributed by atoms with E-state index in [9.17, 15) is 4.79 Å². The van der Waals surface area contributed by atoms with Crippen LogP contribution in [0.2, 0.25) is 0 Å². The first-order chi connectivity index (χ1) is 14.5. The number of fused-ring (bicyclic) bond motifs is 1. The Kier molecular flexibility index (Phi) is 6.31. The Morgan fingerprint density at radius 1 is 1.30 bits per heavy atom. The highest BCUT2D eigenvalue weighted by Crippen LogP contribution is 2.32. The number of thiazole rings is 1. The average Bonchev–Trinajstić information content (AvgIpc) is 3.41. The number of anilines is 1. The van der Waals surface area contributed by atoms with E-state index in [0.29, 0.717) is 17.4 Å². The fraction of sp³-hybridized carbons (Fsp3) is 0.476. The quantitative estimate of drug-likeness (QED) is 0.575. The SMILES string of the molecule is COc1ccc2nc(N(CCN3CCOCC3)C(=O)c3ccn(C(C)C)n3)sc2c1. The van der Waals surface area contributed by atoms with Crippen LogP contribution in [0.4, 0.5) is 5.13 Å². The number of carbonyl (C=O) groups excluding carboxylic acids is 1. The third-order valence-electron chi connectivity index (χ3n) is 5.16. The molecule has 1 amide bonds. The number of hydrogen-bond donors (Lipinski definition) is 0. The Balaban J connectivity index is 1.62. The molecule has 1 aliphatic rings. The summed E-state index contributed by atoms with van der Waals surface area (Å²) in [7, 11) is 1.65. The van der Waals surface area contributed by atoms with Crippen molar-refractivity contribution in [2.24, 2.45) is 0 Å². The van der Waals surface area contributed by atoms with Gasteiger partial charge in [0, 0.05) is 38.4 Å². The highest BCUT2D eigenvalue weighted by Gasteiger charge is 2.25. The van der Waals surface area contributed by atoms with Gasteiger partial charge in [-0.1, -0.05) is 11.3 Å². The Morgan fingerprint density at radius 3 is 2.80 bits per heavy atom. The minimum atomic E-state index is -0.131. The van der Waals surface area contributed by atoms with E-state index in [2.05, 4.69) is 10.00 Å². The van der Waals surface area contributed by atoms with Crippen LogP contribution < -0.4 is 9.64 Å². The minimum Gasteiger partial charge on any atom is -0.497 e. The first kappa shape index (κ1) is 20.8. The van der Waals surface area contributed by atoms with E-state index < -0.39 is 0 Å². The molecular weight excluding hydrogens is 402 g/mol. The lowest BCUT2D eigenvalue weighted by molar-refractivity contribution is 0.0391. The van der Waals surface area contributed by atoms with E-state index in [1.54, 1.807) is 22.8 Å². The van der Waals surface area contributed by atoms with Crippen molar-refractivity contribution in [3.8, 4) is 5.75 Å². The lowest BCUT2D eigenvalue weighted by Crippen LogP contribution is -2.43. The molecule has 3 heterocycles. The van der Waals surface area contributed by atoms with E-state index in [0.717, 1.165) is 48.8 Å². The second kappa shape index (κ2) is 9.11. The molecule has 0 radical (unpaired) electrons. The molecule has 0 aliphatic carbocycles. The lowest BCUT2D eigenvalue weighted by Gasteiger charge is -2.29. The van der Waals surface area contributed by atoms with E-state index in [4.69, 9.17) is 14.5 Å². The molecule has 4 rings (SSSR count). The minimum absolute atomic E-state index is 0.131. The molecule has 0 bridgehead atoms. The van der Waals surface area contributed by atoms with Gasteiger partial charge in [-0.25, -0.2) is 4.98 Å². The van der Waals surface area contributed by atoms with Crippen molar-refractivity contribution < 1.29 is 14.3 Å². The van der Waals surface area contributed by atoms with Crippen LogP contribution in [-0.2, 0) is 4.74 Å². The number of aromatic nitrogens is 3. The standard InChI is InChI=1S/C21H27N5O3S/c1-15(2)26-7-6-18(23-26)20(27)25(9-8-24-10-12-29-13-11-24)21-22-17-5-4-16(28-3)14-19(17)30-21/h4-7,14-15H,8-13H2,1-3H3. The summed E-state index contributed by atoms with van der Waals surface area (Å²) in [5, 5.41) is 5.16. The second-order valence-electron chi connectivity index (χ2n) is 7.52. The molecular formula is C21H27N5O3S. The van der Waals surface area contributed by atoms with E-state index in [-0.39, 0.29) is 11.9 Å². The molecule has 0 spiro atoms. The van der Waals surface area contributed by atoms with Gasteiger partial charge in [0.15, 0.2) is 10.8 Å². The normalized spacial score (nSPS) is 15.1. The van der Waals surface area contributed by atoms with Crippen LogP contribution in [0.3, 0.4) is 0 Å². The summed E-state index contributed by atoms with van der Waals surface area (Å²) in [4.78, 5) is 22.2. The van der Waals surface area contributed by atoms with Crippen molar-refractivity contribution >= 4 is 32.6 Å². The van der Waals surface area contributed by atoms with Crippen molar-refractivity contribution in [1.29, 1.82) is 0 Å². The summed E-state index contributed by atoms with van der Waals surface area (Å²) in [5.41, 5.74) is 1.29. The van der Waals surface area contributed by atoms with Crippen molar-refractivity contribution in [3.05, 3.63) is 36.2 Å². The lowest BCUT2D eigenvalue weighted by atomic mass is 10.3. The van der Waals surface area contributed by atoms with Crippen LogP contribution in [0, 0.1) is 0 Å². The molecule has 8 nitrogen and oxygen atoms in total. The first-order valence-electron chi connectivity index (χ1n) is 10.2. The van der Waals surface area contributed by atoms with Crippen molar-refractivity contribution in [2.45, 2.75) is 19.9 Å². The maximum absolute atomic E-state index is 13.4. The largest absolute Gasteiger partial charge is 0.497 e. The van der Waals surface area contributed by atoms with E-state index >= 15 is 0 Å². The highest BCUT2D eigenvalue weighted by atomic mass is 32.1. The van der Waals surface area contributed by atoms with Crippen molar-refractivity contribution in [3.63, 3.8) is 0 Å². The number of carbonyl (C=O) groups is 1. The van der Waals surface area contributed by atoms with Gasteiger partial charge in [0.1, 0.15) is 5.75 Å². The zero-order valence-corrected chi connectivity index (χ0v) is 18.4. The molecule has 160 valence electrons. The zero-order chi connectivity index (χ0) is 21.1. The monoisotopic (exact) mass is 429 g/mol. The number of benzene rings is 1. The summed E-state index contributed by atoms with van der Waals surface area (Å²) in [6, 6.07) is 7.74. The van der Waals surface area contributed by atoms with Gasteiger partial charge in [-0.2, -0.15) is 5.10 Å². The smallest absolute Gasteiger partial charge is 0.280 e. The van der Waals surface area contributed by atoms with Crippen LogP contribution in [0.1, 0.15) is 30.4 Å². The number of hydrogen-bond acceptors (Lipinski definition) is 7. The van der Waals surface area contributed by atoms with Gasteiger partial charge in [0.25, 0.3) is 5.91 Å². The van der Waals surface area contributed by atoms with Gasteiger partial charge < -0.3 is 9.47 Å². The molecule has 1 aliphatic heterocycles. The summed E-state index contributed by atoms with van der Waals surface area (Å²) >= 11 is 1.49. The predicted molar refractivity (Wildman–Crippen MR) is 118 cm³/mol. The van der Waals surface area contributed by atoms with Gasteiger partial charge in [0.2, 0.25) is 0 Å². The molecule has 1 aromatic carbocycles. The van der Waals surface area contributed by atoms with E-state index in [1.165, 1.54) is 11.3 Å². The van der Waals surface area contributed by atoms with E-state index in [1.807, 2.05) is 38.2 Å². The first-order valence-corrected chi connectivity index (χ1v) is 11.0. The van der Waals surface area contributed by atoms with Gasteiger partial charge in [-0.05, 0) is 38.1 Å². The van der Waals surface area contributed by atoms with Gasteiger partial charge in [-0.3, -0.25) is 19.3 Å². The fourth-order valence-electron chi connectivity index (χ4n) is 3.36. The van der Waals surface area contributed by atoms with Gasteiger partial charge in [0.05, 0.1) is 30.5 Å². The van der Waals surface area contributed by atoms with Crippen LogP contribution in [0.15, 0.2) is 30.5 Å². The topological polar surface area (TPSA) is 72.7 Å². The van der Waals surface area contributed by atoms with Gasteiger partial charge in [-0.15, -0.1) is 0 Å². The Hall–Kier alpha value is -2.49. The summed E-state index contributed by atoms with van der Waals surface area (Å²) in [6.07, 6.45) is 1.85. The zero-order valence-electron chi connectivity index (χ0n) is 17.6. The number of amides is 1. The Bertz CT molecular complexity index is 1010. The average molecular weight is 430 g/mol. The highest BCUT2D eigenvalue weighted by molar-refractivity contribution is 7.22. The maximum Gasteiger partial charge on any atom is 0.280 e. The summed E-state index contributed by atoms with van der Waals surface area (Å²) in [5.74, 6) is 0.647. The Morgan fingerprint density at radius 2 is 2.10 bits per heavy atom. The molecule has 0 saturated carbocycles. The third-order valence-corrected chi connectivity index (χ3v) is 6.20.